The average Bonchev–Trinajstić information content (AvgIpc) is 2.11. The molecule has 70 valence electrons. The van der Waals surface area contributed by atoms with Crippen molar-refractivity contribution in [2.24, 2.45) is 0 Å². The van der Waals surface area contributed by atoms with E-state index in [1.807, 2.05) is 13.8 Å². The molecule has 0 aromatic rings. The largest absolute Gasteiger partial charge is 0.364 e. The number of ether oxygens (including phenoxy) is 1. The van der Waals surface area contributed by atoms with Crippen LogP contribution in [0.15, 0.2) is 12.7 Å². The minimum Gasteiger partial charge on any atom is -0.364 e. The minimum atomic E-state index is -0.0776. The van der Waals surface area contributed by atoms with Crippen LogP contribution in [0.5, 0.6) is 0 Å². The lowest BCUT2D eigenvalue weighted by atomic mass is 10.2. The fourth-order valence-corrected chi connectivity index (χ4v) is 0.885. The van der Waals surface area contributed by atoms with Crippen molar-refractivity contribution in [3.63, 3.8) is 0 Å². The fraction of sp³-hybridized carbons (Fsp3) is 0.667. The quantitative estimate of drug-likeness (QED) is 0.462. The number of carbonyl (C=O) groups is 1. The predicted molar refractivity (Wildman–Crippen MR) is 48.7 cm³/mol. The molecule has 0 aliphatic carbocycles. The molecule has 0 aromatic carbocycles. The second-order valence-corrected chi connectivity index (χ2v) is 2.69. The van der Waals surface area contributed by atoms with E-state index in [1.54, 1.807) is 12.0 Å². The van der Waals surface area contributed by atoms with Crippen molar-refractivity contribution >= 4 is 5.91 Å². The molecule has 0 aliphatic heterocycles. The summed E-state index contributed by atoms with van der Waals surface area (Å²) in [7, 11) is 1.58. The first-order valence-corrected chi connectivity index (χ1v) is 4.09. The van der Waals surface area contributed by atoms with Gasteiger partial charge in [0.05, 0.1) is 0 Å². The van der Waals surface area contributed by atoms with E-state index in [9.17, 15) is 4.79 Å². The predicted octanol–water partition coefficient (Wildman–Crippen LogP) is 1.40. The van der Waals surface area contributed by atoms with Crippen molar-refractivity contribution in [3.05, 3.63) is 12.7 Å². The van der Waals surface area contributed by atoms with E-state index < -0.39 is 0 Å². The SMILES string of the molecule is C=CC(=O)N(COC)C(C)CC. The molecule has 12 heavy (non-hydrogen) atoms. The Bertz CT molecular complexity index is 157. The Balaban J connectivity index is 4.20. The number of nitrogens with zero attached hydrogens (tertiary/aromatic N) is 1. The summed E-state index contributed by atoms with van der Waals surface area (Å²) in [5, 5.41) is 0. The van der Waals surface area contributed by atoms with Crippen LogP contribution in [0.1, 0.15) is 20.3 Å². The Labute approximate surface area is 74.0 Å². The van der Waals surface area contributed by atoms with Crippen LogP contribution in [0.2, 0.25) is 0 Å². The summed E-state index contributed by atoms with van der Waals surface area (Å²) in [5.41, 5.74) is 0. The van der Waals surface area contributed by atoms with E-state index in [4.69, 9.17) is 4.74 Å². The molecule has 0 fully saturated rings. The molecule has 3 nitrogen and oxygen atoms in total. The second kappa shape index (κ2) is 5.77. The summed E-state index contributed by atoms with van der Waals surface area (Å²) in [4.78, 5) is 12.9. The number of hydrogen-bond donors (Lipinski definition) is 0. The number of hydrogen-bond acceptors (Lipinski definition) is 2. The molecule has 0 saturated carbocycles. The Morgan fingerprint density at radius 2 is 2.33 bits per heavy atom. The molecule has 1 unspecified atom stereocenters. The fourth-order valence-electron chi connectivity index (χ4n) is 0.885. The molecule has 0 saturated heterocycles. The molecular weight excluding hydrogens is 154 g/mol. The molecule has 3 heteroatoms. The van der Waals surface area contributed by atoms with E-state index >= 15 is 0 Å². The summed E-state index contributed by atoms with van der Waals surface area (Å²) < 4.78 is 4.91. The van der Waals surface area contributed by atoms with E-state index in [0.717, 1.165) is 6.42 Å². The van der Waals surface area contributed by atoms with Gasteiger partial charge in [0.25, 0.3) is 0 Å². The molecule has 1 amide bonds. The minimum absolute atomic E-state index is 0.0776. The van der Waals surface area contributed by atoms with Gasteiger partial charge in [-0.2, -0.15) is 0 Å². The van der Waals surface area contributed by atoms with Gasteiger partial charge in [-0.25, -0.2) is 0 Å². The van der Waals surface area contributed by atoms with Crippen molar-refractivity contribution in [1.82, 2.24) is 4.90 Å². The number of rotatable bonds is 5. The molecule has 0 spiro atoms. The zero-order chi connectivity index (χ0) is 9.56. The lowest BCUT2D eigenvalue weighted by Gasteiger charge is -2.26. The zero-order valence-corrected chi connectivity index (χ0v) is 8.04. The maximum Gasteiger partial charge on any atom is 0.248 e. The number of methoxy groups -OCH3 is 1. The van der Waals surface area contributed by atoms with E-state index in [2.05, 4.69) is 6.58 Å². The third-order valence-corrected chi connectivity index (χ3v) is 1.85. The van der Waals surface area contributed by atoms with Crippen LogP contribution in [0.3, 0.4) is 0 Å². The number of carbonyl (C=O) groups excluding carboxylic acids is 1. The van der Waals surface area contributed by atoms with E-state index in [1.165, 1.54) is 6.08 Å². The molecule has 0 bridgehead atoms. The Morgan fingerprint density at radius 3 is 2.67 bits per heavy atom. The smallest absolute Gasteiger partial charge is 0.248 e. The molecule has 1 atom stereocenters. The lowest BCUT2D eigenvalue weighted by molar-refractivity contribution is -0.133. The van der Waals surface area contributed by atoms with Gasteiger partial charge in [-0.1, -0.05) is 13.5 Å². The highest BCUT2D eigenvalue weighted by Crippen LogP contribution is 2.03. The van der Waals surface area contributed by atoms with Crippen molar-refractivity contribution < 1.29 is 9.53 Å². The molecule has 0 aliphatic rings. The topological polar surface area (TPSA) is 29.5 Å². The van der Waals surface area contributed by atoms with Gasteiger partial charge in [-0.3, -0.25) is 4.79 Å². The van der Waals surface area contributed by atoms with Gasteiger partial charge in [-0.05, 0) is 19.4 Å². The summed E-state index contributed by atoms with van der Waals surface area (Å²) >= 11 is 0. The summed E-state index contributed by atoms with van der Waals surface area (Å²) in [6.07, 6.45) is 2.23. The average molecular weight is 171 g/mol. The van der Waals surface area contributed by atoms with Crippen molar-refractivity contribution in [1.29, 1.82) is 0 Å². The first-order valence-electron chi connectivity index (χ1n) is 4.09. The monoisotopic (exact) mass is 171 g/mol. The second-order valence-electron chi connectivity index (χ2n) is 2.69. The van der Waals surface area contributed by atoms with Gasteiger partial charge < -0.3 is 9.64 Å². The third kappa shape index (κ3) is 3.05. The number of amides is 1. The van der Waals surface area contributed by atoms with Crippen LogP contribution in [0, 0.1) is 0 Å². The molecule has 0 radical (unpaired) electrons. The normalized spacial score (nSPS) is 12.2. The maximum atomic E-state index is 11.2. The van der Waals surface area contributed by atoms with Crippen LogP contribution in [-0.2, 0) is 9.53 Å². The van der Waals surface area contributed by atoms with E-state index in [0.29, 0.717) is 6.73 Å². The highest BCUT2D eigenvalue weighted by atomic mass is 16.5. The highest BCUT2D eigenvalue weighted by molar-refractivity contribution is 5.87. The van der Waals surface area contributed by atoms with Gasteiger partial charge in [0.2, 0.25) is 5.91 Å². The van der Waals surface area contributed by atoms with Crippen molar-refractivity contribution in [3.8, 4) is 0 Å². The maximum absolute atomic E-state index is 11.2. The third-order valence-electron chi connectivity index (χ3n) is 1.85. The first-order chi connectivity index (χ1) is 5.67. The van der Waals surface area contributed by atoms with Crippen molar-refractivity contribution in [2.45, 2.75) is 26.3 Å². The van der Waals surface area contributed by atoms with Gasteiger partial charge in [0, 0.05) is 13.2 Å². The highest BCUT2D eigenvalue weighted by Gasteiger charge is 2.14. The molecule has 0 heterocycles. The Hall–Kier alpha value is -0.830. The Kier molecular flexibility index (Phi) is 5.37. The van der Waals surface area contributed by atoms with Crippen LogP contribution in [-0.4, -0.2) is 30.7 Å². The zero-order valence-electron chi connectivity index (χ0n) is 8.04. The summed E-state index contributed by atoms with van der Waals surface area (Å²) in [6, 6.07) is 0.204. The molecule has 0 aromatic heterocycles. The van der Waals surface area contributed by atoms with Gasteiger partial charge in [-0.15, -0.1) is 0 Å². The van der Waals surface area contributed by atoms with Crippen LogP contribution >= 0.6 is 0 Å². The Morgan fingerprint density at radius 1 is 1.75 bits per heavy atom. The first kappa shape index (κ1) is 11.2. The van der Waals surface area contributed by atoms with Gasteiger partial charge in [0.1, 0.15) is 6.73 Å². The molecule has 0 N–H and O–H groups in total. The van der Waals surface area contributed by atoms with Crippen molar-refractivity contribution in [2.75, 3.05) is 13.8 Å². The van der Waals surface area contributed by atoms with E-state index in [-0.39, 0.29) is 11.9 Å². The lowest BCUT2D eigenvalue weighted by Crippen LogP contribution is -2.38. The van der Waals surface area contributed by atoms with Crippen LogP contribution < -0.4 is 0 Å². The standard InChI is InChI=1S/C9H17NO2/c1-5-8(3)10(7-12-4)9(11)6-2/h6,8H,2,5,7H2,1,3-4H3. The van der Waals surface area contributed by atoms with Crippen LogP contribution in [0.4, 0.5) is 0 Å². The summed E-state index contributed by atoms with van der Waals surface area (Å²) in [6.45, 7) is 7.78. The molecule has 0 rings (SSSR count). The summed E-state index contributed by atoms with van der Waals surface area (Å²) in [5.74, 6) is -0.0776. The van der Waals surface area contributed by atoms with Gasteiger partial charge >= 0.3 is 0 Å². The molecular formula is C9H17NO2. The van der Waals surface area contributed by atoms with Gasteiger partial charge in [0.15, 0.2) is 0 Å². The van der Waals surface area contributed by atoms with Crippen LogP contribution in [0.25, 0.3) is 0 Å².